The molecule has 8 heteroatoms. The molecule has 0 saturated carbocycles. The Hall–Kier alpha value is -2.32. The molecule has 0 saturated heterocycles. The minimum atomic E-state index is -3.91. The van der Waals surface area contributed by atoms with Gasteiger partial charge in [0.25, 0.3) is 0 Å². The molecule has 3 rings (SSSR count). The van der Waals surface area contributed by atoms with Crippen LogP contribution in [0.3, 0.4) is 0 Å². The van der Waals surface area contributed by atoms with Crippen LogP contribution in [0.5, 0.6) is 0 Å². The molecule has 1 atom stereocenters. The first-order valence-electron chi connectivity index (χ1n) is 7.04. The third-order valence-electron chi connectivity index (χ3n) is 3.50. The number of hydrogen-bond donors (Lipinski definition) is 1. The van der Waals surface area contributed by atoms with Gasteiger partial charge in [-0.2, -0.15) is 0 Å². The van der Waals surface area contributed by atoms with E-state index in [1.165, 1.54) is 18.3 Å². The van der Waals surface area contributed by atoms with Crippen molar-refractivity contribution in [1.29, 1.82) is 0 Å². The number of anilines is 1. The smallest absolute Gasteiger partial charge is 0.244 e. The molecule has 1 N–H and O–H groups in total. The third-order valence-corrected chi connectivity index (χ3v) is 6.53. The highest BCUT2D eigenvalue weighted by atomic mass is 32.2. The van der Waals surface area contributed by atoms with Crippen LogP contribution < -0.4 is 5.32 Å². The fourth-order valence-electron chi connectivity index (χ4n) is 2.10. The van der Waals surface area contributed by atoms with Crippen LogP contribution in [0.15, 0.2) is 53.4 Å². The number of nitrogens with zero attached hydrogens (tertiary/aromatic N) is 1. The van der Waals surface area contributed by atoms with Crippen molar-refractivity contribution in [2.24, 2.45) is 0 Å². The summed E-state index contributed by atoms with van der Waals surface area (Å²) in [6, 6.07) is 11.7. The molecule has 1 aromatic heterocycles. The van der Waals surface area contributed by atoms with Crippen LogP contribution in [0.2, 0.25) is 0 Å². The van der Waals surface area contributed by atoms with Crippen LogP contribution in [0.4, 0.5) is 9.52 Å². The lowest BCUT2D eigenvalue weighted by Gasteiger charge is -2.12. The van der Waals surface area contributed by atoms with Gasteiger partial charge >= 0.3 is 0 Å². The summed E-state index contributed by atoms with van der Waals surface area (Å²) in [7, 11) is -3.91. The van der Waals surface area contributed by atoms with Gasteiger partial charge in [-0.05, 0) is 43.3 Å². The van der Waals surface area contributed by atoms with E-state index in [4.69, 9.17) is 0 Å². The number of halogens is 1. The van der Waals surface area contributed by atoms with Gasteiger partial charge < -0.3 is 5.32 Å². The maximum absolute atomic E-state index is 12.9. The molecular formula is C16H13FN2O3S2. The van der Waals surface area contributed by atoms with Crippen LogP contribution in [0.1, 0.15) is 6.92 Å². The van der Waals surface area contributed by atoms with Crippen molar-refractivity contribution in [2.45, 2.75) is 17.1 Å². The van der Waals surface area contributed by atoms with Crippen LogP contribution in [-0.2, 0) is 14.6 Å². The van der Waals surface area contributed by atoms with E-state index < -0.39 is 26.8 Å². The number of sulfone groups is 1. The summed E-state index contributed by atoms with van der Waals surface area (Å²) < 4.78 is 38.7. The van der Waals surface area contributed by atoms with Gasteiger partial charge in [-0.25, -0.2) is 17.8 Å². The molecule has 124 valence electrons. The van der Waals surface area contributed by atoms with Gasteiger partial charge in [0.15, 0.2) is 15.0 Å². The molecule has 3 aromatic rings. The number of nitrogens with one attached hydrogen (secondary N) is 1. The average Bonchev–Trinajstić information content (AvgIpc) is 2.96. The third kappa shape index (κ3) is 3.15. The molecule has 0 bridgehead atoms. The number of carbonyl (C=O) groups is 1. The van der Waals surface area contributed by atoms with Crippen molar-refractivity contribution >= 4 is 42.4 Å². The fourth-order valence-corrected chi connectivity index (χ4v) is 4.24. The Labute approximate surface area is 142 Å². The normalized spacial score (nSPS) is 12.9. The number of carbonyl (C=O) groups excluding carboxylic acids is 1. The molecule has 0 spiro atoms. The second kappa shape index (κ2) is 6.29. The van der Waals surface area contributed by atoms with Crippen molar-refractivity contribution in [2.75, 3.05) is 5.32 Å². The average molecular weight is 364 g/mol. The molecule has 5 nitrogen and oxygen atoms in total. The van der Waals surface area contributed by atoms with Crippen molar-refractivity contribution < 1.29 is 17.6 Å². The summed E-state index contributed by atoms with van der Waals surface area (Å²) in [6.45, 7) is 1.29. The lowest BCUT2D eigenvalue weighted by atomic mass is 10.3. The SMILES string of the molecule is CC(C(=O)Nc1nc2ccccc2s1)S(=O)(=O)c1ccc(F)cc1. The number of rotatable bonds is 4. The van der Waals surface area contributed by atoms with E-state index in [1.54, 1.807) is 6.07 Å². The Morgan fingerprint density at radius 1 is 1.17 bits per heavy atom. The van der Waals surface area contributed by atoms with Crippen LogP contribution in [0, 0.1) is 5.82 Å². The van der Waals surface area contributed by atoms with E-state index in [-0.39, 0.29) is 4.90 Å². The molecule has 0 fully saturated rings. The van der Waals surface area contributed by atoms with E-state index in [9.17, 15) is 17.6 Å². The lowest BCUT2D eigenvalue weighted by Crippen LogP contribution is -2.32. The highest BCUT2D eigenvalue weighted by molar-refractivity contribution is 7.92. The maximum atomic E-state index is 12.9. The predicted molar refractivity (Wildman–Crippen MR) is 91.3 cm³/mol. The first kappa shape index (κ1) is 16.5. The Morgan fingerprint density at radius 3 is 2.50 bits per heavy atom. The number of hydrogen-bond acceptors (Lipinski definition) is 5. The van der Waals surface area contributed by atoms with E-state index in [0.29, 0.717) is 5.13 Å². The monoisotopic (exact) mass is 364 g/mol. The molecule has 2 aromatic carbocycles. The Kier molecular flexibility index (Phi) is 4.33. The zero-order valence-corrected chi connectivity index (χ0v) is 14.2. The van der Waals surface area contributed by atoms with Crippen molar-refractivity contribution in [3.05, 3.63) is 54.3 Å². The number of amides is 1. The Bertz CT molecular complexity index is 965. The van der Waals surface area contributed by atoms with E-state index in [2.05, 4.69) is 10.3 Å². The van der Waals surface area contributed by atoms with Crippen LogP contribution >= 0.6 is 11.3 Å². The summed E-state index contributed by atoms with van der Waals surface area (Å²) in [5, 5.41) is 1.55. The Balaban J connectivity index is 1.82. The summed E-state index contributed by atoms with van der Waals surface area (Å²) >= 11 is 1.26. The standard InChI is InChI=1S/C16H13FN2O3S2/c1-10(24(21,22)12-8-6-11(17)7-9-12)15(20)19-16-18-13-4-2-3-5-14(13)23-16/h2-10H,1H3,(H,18,19,20). The zero-order chi connectivity index (χ0) is 17.3. The second-order valence-electron chi connectivity index (χ2n) is 5.12. The molecule has 0 aliphatic rings. The largest absolute Gasteiger partial charge is 0.301 e. The van der Waals surface area contributed by atoms with Crippen LogP contribution in [0.25, 0.3) is 10.2 Å². The minimum Gasteiger partial charge on any atom is -0.301 e. The van der Waals surface area contributed by atoms with Gasteiger partial charge in [-0.3, -0.25) is 4.79 Å². The predicted octanol–water partition coefficient (Wildman–Crippen LogP) is 3.24. The van der Waals surface area contributed by atoms with Gasteiger partial charge in [0.05, 0.1) is 15.1 Å². The molecule has 1 unspecified atom stereocenters. The maximum Gasteiger partial charge on any atom is 0.244 e. The summed E-state index contributed by atoms with van der Waals surface area (Å²) in [5.41, 5.74) is 0.729. The number of benzene rings is 2. The van der Waals surface area contributed by atoms with Crippen molar-refractivity contribution in [1.82, 2.24) is 4.98 Å². The van der Waals surface area contributed by atoms with Gasteiger partial charge in [-0.1, -0.05) is 23.5 Å². The van der Waals surface area contributed by atoms with E-state index in [0.717, 1.165) is 34.5 Å². The highest BCUT2D eigenvalue weighted by Crippen LogP contribution is 2.26. The van der Waals surface area contributed by atoms with Gasteiger partial charge in [0.1, 0.15) is 11.1 Å². The zero-order valence-electron chi connectivity index (χ0n) is 12.6. The number of fused-ring (bicyclic) bond motifs is 1. The van der Waals surface area contributed by atoms with Crippen LogP contribution in [-0.4, -0.2) is 24.6 Å². The second-order valence-corrected chi connectivity index (χ2v) is 8.42. The molecule has 1 amide bonds. The van der Waals surface area contributed by atoms with E-state index in [1.807, 2.05) is 18.2 Å². The quantitative estimate of drug-likeness (QED) is 0.721. The van der Waals surface area contributed by atoms with Gasteiger partial charge in [0.2, 0.25) is 5.91 Å². The number of thiazole rings is 1. The summed E-state index contributed by atoms with van der Waals surface area (Å²) in [4.78, 5) is 16.4. The number of aromatic nitrogens is 1. The summed E-state index contributed by atoms with van der Waals surface area (Å²) in [6.07, 6.45) is 0. The van der Waals surface area contributed by atoms with Crippen molar-refractivity contribution in [3.8, 4) is 0 Å². The Morgan fingerprint density at radius 2 is 1.83 bits per heavy atom. The molecule has 0 aliphatic heterocycles. The first-order valence-corrected chi connectivity index (χ1v) is 9.40. The fraction of sp³-hybridized carbons (Fsp3) is 0.125. The lowest BCUT2D eigenvalue weighted by molar-refractivity contribution is -0.115. The van der Waals surface area contributed by atoms with Crippen molar-refractivity contribution in [3.63, 3.8) is 0 Å². The first-order chi connectivity index (χ1) is 11.4. The molecule has 24 heavy (non-hydrogen) atoms. The molecular weight excluding hydrogens is 351 g/mol. The van der Waals surface area contributed by atoms with Gasteiger partial charge in [-0.15, -0.1) is 0 Å². The van der Waals surface area contributed by atoms with E-state index >= 15 is 0 Å². The molecule has 1 heterocycles. The summed E-state index contributed by atoms with van der Waals surface area (Å²) in [5.74, 6) is -1.22. The number of para-hydroxylation sites is 1. The highest BCUT2D eigenvalue weighted by Gasteiger charge is 2.30. The minimum absolute atomic E-state index is 0.101. The molecule has 0 aliphatic carbocycles. The van der Waals surface area contributed by atoms with Gasteiger partial charge in [0, 0.05) is 0 Å². The topological polar surface area (TPSA) is 76.1 Å². The molecule has 0 radical (unpaired) electrons.